The van der Waals surface area contributed by atoms with E-state index in [1.54, 1.807) is 22.5 Å². The lowest BCUT2D eigenvalue weighted by atomic mass is 10.2. The molecule has 0 unspecified atom stereocenters. The Balaban J connectivity index is 1.63. The Bertz CT molecular complexity index is 561. The van der Waals surface area contributed by atoms with Gasteiger partial charge in [0.15, 0.2) is 0 Å². The highest BCUT2D eigenvalue weighted by molar-refractivity contribution is 7.99. The smallest absolute Gasteiger partial charge is 0.209 e. The molecule has 0 aliphatic rings. The molecule has 0 amide bonds. The fourth-order valence-corrected chi connectivity index (χ4v) is 2.98. The van der Waals surface area contributed by atoms with Gasteiger partial charge in [0.2, 0.25) is 5.16 Å². The molecule has 0 radical (unpaired) electrons. The van der Waals surface area contributed by atoms with Crippen LogP contribution in [-0.4, -0.2) is 32.5 Å². The summed E-state index contributed by atoms with van der Waals surface area (Å²) in [7, 11) is 1.84. The van der Waals surface area contributed by atoms with E-state index in [0.717, 1.165) is 41.0 Å². The van der Waals surface area contributed by atoms with Gasteiger partial charge in [0.25, 0.3) is 0 Å². The summed E-state index contributed by atoms with van der Waals surface area (Å²) in [6, 6.07) is 5.62. The first-order chi connectivity index (χ1) is 9.66. The largest absolute Gasteiger partial charge is 0.342 e. The van der Waals surface area contributed by atoms with Crippen LogP contribution in [0.3, 0.4) is 0 Å². The predicted octanol–water partition coefficient (Wildman–Crippen LogP) is 1.76. The van der Waals surface area contributed by atoms with Crippen LogP contribution in [0.4, 0.5) is 0 Å². The normalized spacial score (nSPS) is 10.9. The van der Waals surface area contributed by atoms with E-state index in [1.165, 1.54) is 0 Å². The number of quaternary nitrogens is 1. The third-order valence-corrected chi connectivity index (χ3v) is 4.43. The minimum Gasteiger partial charge on any atom is -0.342 e. The molecular weight excluding hydrogens is 317 g/mol. The van der Waals surface area contributed by atoms with Crippen molar-refractivity contribution in [3.05, 3.63) is 33.8 Å². The first-order valence-electron chi connectivity index (χ1n) is 6.27. The summed E-state index contributed by atoms with van der Waals surface area (Å²) in [6.07, 6.45) is 1.09. The molecule has 0 saturated carbocycles. The maximum atomic E-state index is 6.12. The third-order valence-electron chi connectivity index (χ3n) is 2.74. The molecule has 2 N–H and O–H groups in total. The van der Waals surface area contributed by atoms with Crippen molar-refractivity contribution >= 4 is 35.0 Å². The molecule has 0 spiro atoms. The molecule has 0 bridgehead atoms. The van der Waals surface area contributed by atoms with Gasteiger partial charge in [-0.3, -0.25) is 0 Å². The van der Waals surface area contributed by atoms with Crippen molar-refractivity contribution < 1.29 is 5.32 Å². The number of aromatic nitrogens is 4. The van der Waals surface area contributed by atoms with Gasteiger partial charge in [-0.15, -0.1) is 5.10 Å². The minimum absolute atomic E-state index is 0.674. The average Bonchev–Trinajstić information content (AvgIpc) is 2.81. The number of nitrogens with two attached hydrogens (primary N) is 1. The third kappa shape index (κ3) is 4.63. The molecule has 1 aromatic heterocycles. The zero-order valence-corrected chi connectivity index (χ0v) is 13.4. The van der Waals surface area contributed by atoms with Crippen LogP contribution in [0.25, 0.3) is 0 Å². The van der Waals surface area contributed by atoms with Gasteiger partial charge < -0.3 is 5.32 Å². The number of hydrogen-bond acceptors (Lipinski definition) is 4. The second-order valence-corrected chi connectivity index (χ2v) is 6.21. The summed E-state index contributed by atoms with van der Waals surface area (Å²) < 4.78 is 1.68. The van der Waals surface area contributed by atoms with E-state index in [4.69, 9.17) is 23.2 Å². The standard InChI is InChI=1S/C12H15Cl2N5S/c1-19-12(16-17-18-19)20-6-2-5-15-8-9-3-4-10(13)7-11(9)14/h3-4,7,15H,2,5-6,8H2,1H3/p+1. The van der Waals surface area contributed by atoms with Gasteiger partial charge in [0.05, 0.1) is 11.6 Å². The Hall–Kier alpha value is -0.820. The zero-order chi connectivity index (χ0) is 14.4. The summed E-state index contributed by atoms with van der Waals surface area (Å²) in [5, 5.41) is 15.8. The van der Waals surface area contributed by atoms with Crippen LogP contribution < -0.4 is 5.32 Å². The Kier molecular flexibility index (Phi) is 6.09. The van der Waals surface area contributed by atoms with Gasteiger partial charge in [-0.1, -0.05) is 41.0 Å². The van der Waals surface area contributed by atoms with Crippen LogP contribution in [0, 0.1) is 0 Å². The van der Waals surface area contributed by atoms with E-state index in [0.29, 0.717) is 5.02 Å². The summed E-state index contributed by atoms with van der Waals surface area (Å²) in [5.41, 5.74) is 1.11. The molecule has 1 aromatic carbocycles. The molecule has 8 heteroatoms. The SMILES string of the molecule is Cn1nnnc1SCCC[NH2+]Cc1ccc(Cl)cc1Cl. The van der Waals surface area contributed by atoms with Crippen molar-refractivity contribution in [2.75, 3.05) is 12.3 Å². The topological polar surface area (TPSA) is 60.2 Å². The van der Waals surface area contributed by atoms with Crippen molar-refractivity contribution in [1.29, 1.82) is 0 Å². The fourth-order valence-electron chi connectivity index (χ4n) is 1.68. The second kappa shape index (κ2) is 7.83. The molecule has 0 saturated heterocycles. The maximum Gasteiger partial charge on any atom is 0.209 e. The lowest BCUT2D eigenvalue weighted by Gasteiger charge is -2.04. The van der Waals surface area contributed by atoms with Crippen molar-refractivity contribution in [2.45, 2.75) is 18.1 Å². The Morgan fingerprint density at radius 2 is 2.20 bits per heavy atom. The molecule has 0 aliphatic heterocycles. The molecular formula is C12H16Cl2N5S+. The number of tetrazole rings is 1. The number of rotatable bonds is 7. The van der Waals surface area contributed by atoms with Crippen LogP contribution in [0.5, 0.6) is 0 Å². The predicted molar refractivity (Wildman–Crippen MR) is 81.1 cm³/mol. The Morgan fingerprint density at radius 1 is 1.35 bits per heavy atom. The van der Waals surface area contributed by atoms with E-state index in [2.05, 4.69) is 20.8 Å². The highest BCUT2D eigenvalue weighted by Crippen LogP contribution is 2.20. The van der Waals surface area contributed by atoms with Crippen LogP contribution in [-0.2, 0) is 13.6 Å². The summed E-state index contributed by atoms with van der Waals surface area (Å²) in [6.45, 7) is 1.91. The average molecular weight is 333 g/mol. The maximum absolute atomic E-state index is 6.12. The van der Waals surface area contributed by atoms with Crippen molar-refractivity contribution in [2.24, 2.45) is 7.05 Å². The van der Waals surface area contributed by atoms with Gasteiger partial charge in [-0.25, -0.2) is 4.68 Å². The van der Waals surface area contributed by atoms with E-state index >= 15 is 0 Å². The highest BCUT2D eigenvalue weighted by atomic mass is 35.5. The van der Waals surface area contributed by atoms with Crippen molar-refractivity contribution in [3.63, 3.8) is 0 Å². The number of nitrogens with zero attached hydrogens (tertiary/aromatic N) is 4. The van der Waals surface area contributed by atoms with Crippen LogP contribution in [0.1, 0.15) is 12.0 Å². The van der Waals surface area contributed by atoms with Gasteiger partial charge in [0, 0.05) is 29.8 Å². The summed E-state index contributed by atoms with van der Waals surface area (Å²) in [5.74, 6) is 0.999. The van der Waals surface area contributed by atoms with Gasteiger partial charge >= 0.3 is 0 Å². The van der Waals surface area contributed by atoms with Gasteiger partial charge in [-0.2, -0.15) is 0 Å². The van der Waals surface area contributed by atoms with E-state index in [9.17, 15) is 0 Å². The van der Waals surface area contributed by atoms with Crippen LogP contribution in [0.15, 0.2) is 23.4 Å². The van der Waals surface area contributed by atoms with Crippen LogP contribution >= 0.6 is 35.0 Å². The number of aryl methyl sites for hydroxylation is 1. The first-order valence-corrected chi connectivity index (χ1v) is 8.01. The second-order valence-electron chi connectivity index (χ2n) is 4.30. The molecule has 5 nitrogen and oxygen atoms in total. The number of hydrogen-bond donors (Lipinski definition) is 1. The number of halogens is 2. The molecule has 2 rings (SSSR count). The minimum atomic E-state index is 0.674. The zero-order valence-electron chi connectivity index (χ0n) is 11.1. The summed E-state index contributed by atoms with van der Waals surface area (Å²) >= 11 is 13.7. The van der Waals surface area contributed by atoms with Crippen molar-refractivity contribution in [1.82, 2.24) is 20.2 Å². The molecule has 20 heavy (non-hydrogen) atoms. The lowest BCUT2D eigenvalue weighted by Crippen LogP contribution is -2.82. The Labute approximate surface area is 132 Å². The quantitative estimate of drug-likeness (QED) is 0.620. The highest BCUT2D eigenvalue weighted by Gasteiger charge is 2.04. The van der Waals surface area contributed by atoms with Crippen molar-refractivity contribution in [3.8, 4) is 0 Å². The molecule has 108 valence electrons. The summed E-state index contributed by atoms with van der Waals surface area (Å²) in [4.78, 5) is 0. The molecule has 1 heterocycles. The van der Waals surface area contributed by atoms with E-state index in [-0.39, 0.29) is 0 Å². The monoisotopic (exact) mass is 332 g/mol. The molecule has 0 fully saturated rings. The number of thioether (sulfide) groups is 1. The van der Waals surface area contributed by atoms with E-state index in [1.807, 2.05) is 19.2 Å². The molecule has 2 aromatic rings. The lowest BCUT2D eigenvalue weighted by molar-refractivity contribution is -0.670. The van der Waals surface area contributed by atoms with E-state index < -0.39 is 0 Å². The Morgan fingerprint density at radius 3 is 2.90 bits per heavy atom. The number of benzene rings is 1. The van der Waals surface area contributed by atoms with Gasteiger partial charge in [-0.05, 0) is 22.6 Å². The van der Waals surface area contributed by atoms with Crippen LogP contribution in [0.2, 0.25) is 10.0 Å². The first kappa shape index (κ1) is 15.6. The molecule has 0 aliphatic carbocycles. The van der Waals surface area contributed by atoms with Gasteiger partial charge in [0.1, 0.15) is 6.54 Å². The molecule has 0 atom stereocenters. The fraction of sp³-hybridized carbons (Fsp3) is 0.417.